The van der Waals surface area contributed by atoms with E-state index in [9.17, 15) is 4.79 Å². The molecule has 1 N–H and O–H groups in total. The summed E-state index contributed by atoms with van der Waals surface area (Å²) in [5.41, 5.74) is 0.759. The fourth-order valence-electron chi connectivity index (χ4n) is 3.16. The summed E-state index contributed by atoms with van der Waals surface area (Å²) in [7, 11) is 3.85. The van der Waals surface area contributed by atoms with Crippen molar-refractivity contribution >= 4 is 49.5 Å². The Bertz CT molecular complexity index is 1020. The predicted octanol–water partition coefficient (Wildman–Crippen LogP) is -0.353. The van der Waals surface area contributed by atoms with Gasteiger partial charge in [0.15, 0.2) is 5.01 Å². The van der Waals surface area contributed by atoms with Crippen LogP contribution in [-0.4, -0.2) is 78.3 Å². The number of aromatic nitrogens is 4. The van der Waals surface area contributed by atoms with Crippen molar-refractivity contribution in [3.05, 3.63) is 29.5 Å². The lowest BCUT2D eigenvalue weighted by Crippen LogP contribution is -2.61. The number of ether oxygens (including phenoxy) is 1. The fraction of sp³-hybridized carbons (Fsp3) is 0.353. The van der Waals surface area contributed by atoms with Crippen molar-refractivity contribution in [1.29, 1.82) is 0 Å². The zero-order valence-corrected chi connectivity index (χ0v) is 16.9. The second-order valence-corrected chi connectivity index (χ2v) is 8.41. The van der Waals surface area contributed by atoms with Crippen molar-refractivity contribution in [3.8, 4) is 10.7 Å². The van der Waals surface area contributed by atoms with E-state index < -0.39 is 5.34 Å². The summed E-state index contributed by atoms with van der Waals surface area (Å²) in [6, 6.07) is 3.81. The number of nitrogens with one attached hydrogen (secondary N) is 1. The molecule has 1 aliphatic rings. The van der Waals surface area contributed by atoms with Crippen LogP contribution >= 0.6 is 11.3 Å². The number of amides is 1. The number of morpholine rings is 1. The Balaban J connectivity index is 1.57. The Kier molecular flexibility index (Phi) is 5.13. The van der Waals surface area contributed by atoms with Crippen LogP contribution in [0.25, 0.3) is 21.5 Å². The van der Waals surface area contributed by atoms with E-state index in [-0.39, 0.29) is 5.91 Å². The van der Waals surface area contributed by atoms with Gasteiger partial charge < -0.3 is 10.1 Å². The van der Waals surface area contributed by atoms with Crippen LogP contribution in [0.2, 0.25) is 0 Å². The molecule has 1 fully saturated rings. The number of carbonyl (C=O) groups excluding carboxylic acids is 1. The van der Waals surface area contributed by atoms with Gasteiger partial charge in [0.25, 0.3) is 0 Å². The van der Waals surface area contributed by atoms with Crippen molar-refractivity contribution < 1.29 is 9.53 Å². The van der Waals surface area contributed by atoms with Crippen LogP contribution in [0.5, 0.6) is 0 Å². The molecule has 4 heterocycles. The molecular formula is C17H20B2N6O2S. The van der Waals surface area contributed by atoms with Crippen LogP contribution < -0.4 is 5.32 Å². The van der Waals surface area contributed by atoms with Gasteiger partial charge in [0.05, 0.1) is 13.2 Å². The van der Waals surface area contributed by atoms with Crippen molar-refractivity contribution in [2.45, 2.75) is 12.3 Å². The average Bonchev–Trinajstić information content (AvgIpc) is 3.14. The Morgan fingerprint density at radius 2 is 1.93 bits per heavy atom. The number of hydrogen-bond donors (Lipinski definition) is 1. The van der Waals surface area contributed by atoms with E-state index in [1.165, 1.54) is 11.3 Å². The second-order valence-electron chi connectivity index (χ2n) is 7.23. The SMILES string of the molecule is BC(B)(C(=O)Nc1cc2cc(-c3nnc(C)s3)ncc2cn1)N1CCOCC1. The van der Waals surface area contributed by atoms with E-state index in [0.717, 1.165) is 39.6 Å². The van der Waals surface area contributed by atoms with Crippen molar-refractivity contribution in [1.82, 2.24) is 25.1 Å². The smallest absolute Gasteiger partial charge is 0.229 e. The van der Waals surface area contributed by atoms with E-state index >= 15 is 0 Å². The molecule has 28 heavy (non-hydrogen) atoms. The Morgan fingerprint density at radius 3 is 2.64 bits per heavy atom. The molecule has 1 saturated heterocycles. The standard InChI is InChI=1S/C17H20B2N6O2S/c1-10-23-24-15(28-10)13-6-11-7-14(21-9-12(11)8-20-13)22-16(26)17(18,19)25-2-4-27-5-3-25/h6-9H,2-5,18-19H2,1H3,(H,21,22,26). The average molecular weight is 394 g/mol. The van der Waals surface area contributed by atoms with E-state index in [1.54, 1.807) is 12.4 Å². The molecule has 8 nitrogen and oxygen atoms in total. The van der Waals surface area contributed by atoms with E-state index in [1.807, 2.05) is 34.7 Å². The normalized spacial score (nSPS) is 15.6. The monoisotopic (exact) mass is 394 g/mol. The lowest BCUT2D eigenvalue weighted by atomic mass is 9.60. The molecule has 3 aromatic heterocycles. The second kappa shape index (κ2) is 7.57. The molecule has 0 aliphatic carbocycles. The Morgan fingerprint density at radius 1 is 1.18 bits per heavy atom. The maximum absolute atomic E-state index is 12.9. The molecule has 11 heteroatoms. The first kappa shape index (κ1) is 19.0. The molecule has 3 aromatic rings. The minimum atomic E-state index is -0.645. The molecule has 0 atom stereocenters. The third-order valence-corrected chi connectivity index (χ3v) is 5.81. The third kappa shape index (κ3) is 3.78. The lowest BCUT2D eigenvalue weighted by molar-refractivity contribution is -0.121. The number of pyridine rings is 2. The summed E-state index contributed by atoms with van der Waals surface area (Å²) in [4.78, 5) is 23.8. The van der Waals surface area contributed by atoms with Gasteiger partial charge in [-0.25, -0.2) is 4.98 Å². The van der Waals surface area contributed by atoms with Crippen LogP contribution in [0.1, 0.15) is 5.01 Å². The van der Waals surface area contributed by atoms with Gasteiger partial charge in [0.2, 0.25) is 5.91 Å². The molecule has 1 amide bonds. The van der Waals surface area contributed by atoms with Gasteiger partial charge in [-0.1, -0.05) is 11.3 Å². The third-order valence-electron chi connectivity index (χ3n) is 4.95. The van der Waals surface area contributed by atoms with Crippen LogP contribution in [0.3, 0.4) is 0 Å². The van der Waals surface area contributed by atoms with Crippen LogP contribution in [-0.2, 0) is 9.53 Å². The van der Waals surface area contributed by atoms with Gasteiger partial charge in [0, 0.05) is 36.2 Å². The first-order valence-electron chi connectivity index (χ1n) is 9.14. The molecule has 0 saturated carbocycles. The largest absolute Gasteiger partial charge is 0.379 e. The predicted molar refractivity (Wildman–Crippen MR) is 114 cm³/mol. The van der Waals surface area contributed by atoms with Gasteiger partial charge in [-0.05, 0) is 24.4 Å². The number of fused-ring (bicyclic) bond motifs is 1. The molecule has 1 aliphatic heterocycles. The molecule has 0 radical (unpaired) electrons. The topological polar surface area (TPSA) is 93.1 Å². The van der Waals surface area contributed by atoms with Crippen molar-refractivity contribution in [2.24, 2.45) is 0 Å². The first-order valence-corrected chi connectivity index (χ1v) is 9.96. The van der Waals surface area contributed by atoms with Crippen LogP contribution in [0, 0.1) is 6.92 Å². The highest BCUT2D eigenvalue weighted by Crippen LogP contribution is 2.25. The number of carbonyl (C=O) groups is 1. The molecule has 0 aromatic carbocycles. The van der Waals surface area contributed by atoms with E-state index in [2.05, 4.69) is 30.4 Å². The molecule has 0 spiro atoms. The highest BCUT2D eigenvalue weighted by molar-refractivity contribution is 7.14. The fourth-order valence-corrected chi connectivity index (χ4v) is 3.82. The summed E-state index contributed by atoms with van der Waals surface area (Å²) in [6.45, 7) is 4.68. The zero-order valence-electron chi connectivity index (χ0n) is 16.1. The summed E-state index contributed by atoms with van der Waals surface area (Å²) in [6.07, 6.45) is 3.48. The van der Waals surface area contributed by atoms with Gasteiger partial charge >= 0.3 is 0 Å². The maximum Gasteiger partial charge on any atom is 0.229 e. The Labute approximate surface area is 168 Å². The molecular weight excluding hydrogens is 374 g/mol. The summed E-state index contributed by atoms with van der Waals surface area (Å²) in [5, 5.41) is 14.0. The highest BCUT2D eigenvalue weighted by atomic mass is 32.1. The zero-order chi connectivity index (χ0) is 19.7. The van der Waals surface area contributed by atoms with E-state index in [4.69, 9.17) is 4.74 Å². The summed E-state index contributed by atoms with van der Waals surface area (Å²) in [5.74, 6) is 0.430. The Hall–Kier alpha value is -2.36. The number of rotatable bonds is 4. The van der Waals surface area contributed by atoms with Crippen LogP contribution in [0.4, 0.5) is 5.82 Å². The molecule has 0 unspecified atom stereocenters. The minimum absolute atomic E-state index is 0.0877. The van der Waals surface area contributed by atoms with Gasteiger partial charge in [-0.2, -0.15) is 0 Å². The number of aryl methyl sites for hydroxylation is 1. The highest BCUT2D eigenvalue weighted by Gasteiger charge is 2.35. The molecule has 0 bridgehead atoms. The number of anilines is 1. The van der Waals surface area contributed by atoms with Gasteiger partial charge in [0.1, 0.15) is 32.2 Å². The first-order chi connectivity index (χ1) is 13.4. The number of nitrogens with zero attached hydrogens (tertiary/aromatic N) is 5. The van der Waals surface area contributed by atoms with E-state index in [0.29, 0.717) is 19.0 Å². The van der Waals surface area contributed by atoms with Crippen molar-refractivity contribution in [3.63, 3.8) is 0 Å². The minimum Gasteiger partial charge on any atom is -0.379 e. The van der Waals surface area contributed by atoms with Gasteiger partial charge in [-0.15, -0.1) is 10.2 Å². The quantitative estimate of drug-likeness (QED) is 0.605. The summed E-state index contributed by atoms with van der Waals surface area (Å²) >= 11 is 1.50. The summed E-state index contributed by atoms with van der Waals surface area (Å²) < 4.78 is 5.39. The lowest BCUT2D eigenvalue weighted by Gasteiger charge is -2.39. The molecule has 142 valence electrons. The van der Waals surface area contributed by atoms with Crippen molar-refractivity contribution in [2.75, 3.05) is 31.6 Å². The van der Waals surface area contributed by atoms with Gasteiger partial charge in [-0.3, -0.25) is 14.7 Å². The van der Waals surface area contributed by atoms with Crippen LogP contribution in [0.15, 0.2) is 24.5 Å². The molecule has 4 rings (SSSR count). The maximum atomic E-state index is 12.9. The number of hydrogen-bond acceptors (Lipinski definition) is 8.